The van der Waals surface area contributed by atoms with Crippen molar-refractivity contribution < 1.29 is 24.5 Å². The third kappa shape index (κ3) is 8.19. The number of hydrogen-bond donors (Lipinski definition) is 0. The predicted octanol–water partition coefficient (Wildman–Crippen LogP) is 11.3. The summed E-state index contributed by atoms with van der Waals surface area (Å²) >= 11 is 0. The number of nitrogens with zero attached hydrogens (tertiary/aromatic N) is 2. The number of furan rings is 1. The Labute approximate surface area is 306 Å². The molecule has 7 rings (SSSR count). The minimum Gasteiger partial charge on any atom is -0.501 e. The number of para-hydroxylation sites is 1. The van der Waals surface area contributed by atoms with Crippen LogP contribution in [0.2, 0.25) is 19.6 Å². The first-order valence-corrected chi connectivity index (χ1v) is 20.3. The zero-order valence-electron chi connectivity index (χ0n) is 29.7. The van der Waals surface area contributed by atoms with Crippen LogP contribution in [-0.4, -0.2) is 18.0 Å². The van der Waals surface area contributed by atoms with Gasteiger partial charge in [0.05, 0.1) is 13.7 Å². The van der Waals surface area contributed by atoms with E-state index in [4.69, 9.17) is 4.42 Å². The van der Waals surface area contributed by atoms with Crippen LogP contribution in [-0.2, 0) is 26.5 Å². The van der Waals surface area contributed by atoms with E-state index < -0.39 is 8.07 Å². The van der Waals surface area contributed by atoms with Crippen molar-refractivity contribution >= 4 is 35.2 Å². The van der Waals surface area contributed by atoms with E-state index >= 15 is 0 Å². The van der Waals surface area contributed by atoms with E-state index in [-0.39, 0.29) is 20.1 Å². The molecular weight excluding hydrogens is 793 g/mol. The topological polar surface area (TPSA) is 38.9 Å². The van der Waals surface area contributed by atoms with Crippen LogP contribution in [0.25, 0.3) is 55.6 Å². The van der Waals surface area contributed by atoms with Crippen molar-refractivity contribution in [1.29, 1.82) is 0 Å². The molecule has 3 aromatic heterocycles. The van der Waals surface area contributed by atoms with Gasteiger partial charge in [-0.3, -0.25) is 0 Å². The predicted molar refractivity (Wildman–Crippen MR) is 205 cm³/mol. The Balaban J connectivity index is 0.000000212. The van der Waals surface area contributed by atoms with Gasteiger partial charge in [-0.1, -0.05) is 136 Å². The Morgan fingerprint density at radius 2 is 1.53 bits per heavy atom. The second kappa shape index (κ2) is 15.2. The molecular formula is C44H44IrN2OSi-2. The molecule has 0 spiro atoms. The maximum Gasteiger partial charge on any atom is 0.120 e. The summed E-state index contributed by atoms with van der Waals surface area (Å²) in [7, 11) is -1.25. The first-order chi connectivity index (χ1) is 23.0. The van der Waals surface area contributed by atoms with E-state index in [1.54, 1.807) is 0 Å². The molecule has 49 heavy (non-hydrogen) atoms. The summed E-state index contributed by atoms with van der Waals surface area (Å²) in [6.07, 6.45) is 4.95. The molecule has 0 saturated carbocycles. The molecule has 0 fully saturated rings. The van der Waals surface area contributed by atoms with Crippen LogP contribution in [0.15, 0.2) is 108 Å². The van der Waals surface area contributed by atoms with Crippen molar-refractivity contribution in [2.24, 2.45) is 5.92 Å². The fraction of sp³-hybridized carbons (Fsp3) is 0.227. The van der Waals surface area contributed by atoms with Crippen molar-refractivity contribution in [3.8, 4) is 33.6 Å². The van der Waals surface area contributed by atoms with Crippen LogP contribution in [0, 0.1) is 38.8 Å². The summed E-state index contributed by atoms with van der Waals surface area (Å²) in [6, 6.07) is 38.6. The molecule has 0 atom stereocenters. The third-order valence-electron chi connectivity index (χ3n) is 8.87. The summed E-state index contributed by atoms with van der Waals surface area (Å²) in [5.41, 5.74) is 13.1. The molecule has 0 aliphatic rings. The molecule has 0 aliphatic carbocycles. The quantitative estimate of drug-likeness (QED) is 0.124. The number of aromatic nitrogens is 2. The average molecular weight is 837 g/mol. The Bertz CT molecular complexity index is 2190. The van der Waals surface area contributed by atoms with Gasteiger partial charge in [0.2, 0.25) is 0 Å². The Morgan fingerprint density at radius 3 is 2.20 bits per heavy atom. The Morgan fingerprint density at radius 1 is 0.776 bits per heavy atom. The molecule has 1 radical (unpaired) electrons. The first kappa shape index (κ1) is 36.1. The maximum atomic E-state index is 6.37. The smallest absolute Gasteiger partial charge is 0.120 e. The second-order valence-corrected chi connectivity index (χ2v) is 19.4. The van der Waals surface area contributed by atoms with Gasteiger partial charge in [-0.15, -0.1) is 47.0 Å². The molecule has 7 aromatic rings. The molecule has 0 N–H and O–H groups in total. The molecule has 4 aromatic carbocycles. The SMILES string of the molecule is Cc1c[c-]c(-c2ccc([Si](C)(C)C)cn2)cc1C.Cc1ccc(-c2c[c-]c(-c3cc(CC(C)C)ccn3)c3oc4ccccc4c23)cc1.[Ir]. The summed E-state index contributed by atoms with van der Waals surface area (Å²) in [5, 5.41) is 3.64. The minimum atomic E-state index is -1.25. The number of hydrogen-bond acceptors (Lipinski definition) is 3. The molecule has 5 heteroatoms. The van der Waals surface area contributed by atoms with Crippen LogP contribution >= 0.6 is 0 Å². The van der Waals surface area contributed by atoms with E-state index in [2.05, 4.69) is 149 Å². The maximum absolute atomic E-state index is 6.37. The fourth-order valence-corrected chi connectivity index (χ4v) is 6.98. The largest absolute Gasteiger partial charge is 0.501 e. The molecule has 0 aliphatic heterocycles. The van der Waals surface area contributed by atoms with Crippen molar-refractivity contribution in [3.63, 3.8) is 0 Å². The van der Waals surface area contributed by atoms with Gasteiger partial charge >= 0.3 is 0 Å². The van der Waals surface area contributed by atoms with Crippen LogP contribution < -0.4 is 5.19 Å². The number of aryl methyl sites for hydroxylation is 3. The fourth-order valence-electron chi connectivity index (χ4n) is 5.95. The van der Waals surface area contributed by atoms with Gasteiger partial charge in [-0.05, 0) is 53.4 Å². The Kier molecular flexibility index (Phi) is 11.2. The zero-order valence-corrected chi connectivity index (χ0v) is 33.1. The number of benzene rings is 4. The zero-order chi connectivity index (χ0) is 34.0. The van der Waals surface area contributed by atoms with Gasteiger partial charge < -0.3 is 14.4 Å². The van der Waals surface area contributed by atoms with Gasteiger partial charge in [-0.2, -0.15) is 0 Å². The van der Waals surface area contributed by atoms with Crippen LogP contribution in [0.3, 0.4) is 0 Å². The van der Waals surface area contributed by atoms with Crippen molar-refractivity contribution in [2.45, 2.75) is 60.7 Å². The van der Waals surface area contributed by atoms with E-state index in [1.165, 1.54) is 33.0 Å². The first-order valence-electron chi connectivity index (χ1n) is 16.8. The van der Waals surface area contributed by atoms with Crippen LogP contribution in [0.1, 0.15) is 36.1 Å². The minimum absolute atomic E-state index is 0. The summed E-state index contributed by atoms with van der Waals surface area (Å²) in [6.45, 7) is 17.8. The van der Waals surface area contributed by atoms with Crippen LogP contribution in [0.5, 0.6) is 0 Å². The normalized spacial score (nSPS) is 11.4. The molecule has 3 heterocycles. The summed E-state index contributed by atoms with van der Waals surface area (Å²) in [5.74, 6) is 0.597. The molecule has 0 unspecified atom stereocenters. The standard InChI is InChI=1S/C28H24NO.C16H20NSi.Ir/c1-18(2)16-20-14-15-29-25(17-20)23-13-12-22(21-10-8-19(3)9-11-21)27-24-6-4-5-7-26(24)30-28(23)27;1-12-6-7-14(10-13(12)2)16-9-8-15(11-17-16)18(3,4)5;/h4-12,14-15,17-18H,16H2,1-3H3;6,8-11H,1-5H3;/q2*-1;. The summed E-state index contributed by atoms with van der Waals surface area (Å²) < 4.78 is 6.37. The third-order valence-corrected chi connectivity index (χ3v) is 10.9. The van der Waals surface area contributed by atoms with Gasteiger partial charge in [-0.25, -0.2) is 0 Å². The van der Waals surface area contributed by atoms with Gasteiger partial charge in [0.1, 0.15) is 5.58 Å². The van der Waals surface area contributed by atoms with E-state index in [9.17, 15) is 0 Å². The molecule has 251 valence electrons. The van der Waals surface area contributed by atoms with Crippen LogP contribution in [0.4, 0.5) is 0 Å². The number of pyridine rings is 2. The van der Waals surface area contributed by atoms with Gasteiger partial charge in [0, 0.05) is 37.9 Å². The number of fused-ring (bicyclic) bond motifs is 3. The van der Waals surface area contributed by atoms with Crippen molar-refractivity contribution in [2.75, 3.05) is 0 Å². The van der Waals surface area contributed by atoms with E-state index in [0.717, 1.165) is 56.4 Å². The molecule has 0 amide bonds. The molecule has 0 saturated heterocycles. The number of rotatable bonds is 6. The molecule has 0 bridgehead atoms. The monoisotopic (exact) mass is 837 g/mol. The van der Waals surface area contributed by atoms with Crippen molar-refractivity contribution in [1.82, 2.24) is 9.97 Å². The Hall–Kier alpha value is -4.15. The summed E-state index contributed by atoms with van der Waals surface area (Å²) in [4.78, 5) is 9.25. The van der Waals surface area contributed by atoms with E-state index in [1.807, 2.05) is 30.6 Å². The van der Waals surface area contributed by atoms with Gasteiger partial charge in [0.15, 0.2) is 0 Å². The second-order valence-electron chi connectivity index (χ2n) is 14.3. The average Bonchev–Trinajstić information content (AvgIpc) is 3.46. The van der Waals surface area contributed by atoms with Crippen molar-refractivity contribution in [3.05, 3.63) is 138 Å². The van der Waals surface area contributed by atoms with Gasteiger partial charge in [0.25, 0.3) is 0 Å². The van der Waals surface area contributed by atoms with E-state index in [0.29, 0.717) is 5.92 Å². The molecule has 3 nitrogen and oxygen atoms in total.